The molecule has 0 bridgehead atoms. The van der Waals surface area contributed by atoms with Crippen LogP contribution in [0, 0.1) is 0 Å². The SMILES string of the molecule is COc1ccc(C[C@H](NC(=O)[C@H](C)NC(=O)CN2CCOCC2)C(=O)N[C@@H](CC2=CCCC2)C(=O)C2(C)CO2)cc1. The highest BCUT2D eigenvalue weighted by Crippen LogP contribution is 2.31. The van der Waals surface area contributed by atoms with Gasteiger partial charge in [0.25, 0.3) is 0 Å². The van der Waals surface area contributed by atoms with E-state index < -0.39 is 35.5 Å². The summed E-state index contributed by atoms with van der Waals surface area (Å²) < 4.78 is 15.9. The molecule has 2 fully saturated rings. The molecule has 11 heteroatoms. The summed E-state index contributed by atoms with van der Waals surface area (Å²) in [6, 6.07) is 4.61. The lowest BCUT2D eigenvalue weighted by Crippen LogP contribution is -2.57. The van der Waals surface area contributed by atoms with Crippen LogP contribution in [0.5, 0.6) is 5.75 Å². The molecule has 2 aliphatic heterocycles. The number of Topliss-reactive ketones (excluding diaryl/α,β-unsaturated/α-hetero) is 1. The number of carbonyl (C=O) groups excluding carboxylic acids is 4. The Morgan fingerprint density at radius 1 is 1.00 bits per heavy atom. The lowest BCUT2D eigenvalue weighted by molar-refractivity contribution is -0.134. The average Bonchev–Trinajstić information content (AvgIpc) is 3.51. The minimum atomic E-state index is -0.977. The number of epoxide rings is 1. The molecule has 3 amide bonds. The molecule has 1 aromatic carbocycles. The summed E-state index contributed by atoms with van der Waals surface area (Å²) in [5.41, 5.74) is 1.04. The molecule has 4 rings (SSSR count). The zero-order valence-corrected chi connectivity index (χ0v) is 24.2. The van der Waals surface area contributed by atoms with Crippen molar-refractivity contribution in [3.05, 3.63) is 41.5 Å². The normalized spacial score (nSPS) is 22.6. The molecule has 2 heterocycles. The van der Waals surface area contributed by atoms with E-state index in [1.165, 1.54) is 0 Å². The zero-order chi connectivity index (χ0) is 29.4. The highest BCUT2D eigenvalue weighted by atomic mass is 16.6. The second kappa shape index (κ2) is 14.1. The van der Waals surface area contributed by atoms with Gasteiger partial charge in [-0.1, -0.05) is 23.8 Å². The molecule has 41 heavy (non-hydrogen) atoms. The molecule has 3 aliphatic rings. The summed E-state index contributed by atoms with van der Waals surface area (Å²) in [5.74, 6) is -0.741. The maximum atomic E-state index is 13.7. The van der Waals surface area contributed by atoms with Crippen LogP contribution in [0.3, 0.4) is 0 Å². The Kier molecular flexibility index (Phi) is 10.5. The molecule has 0 aromatic heterocycles. The van der Waals surface area contributed by atoms with Crippen molar-refractivity contribution in [3.63, 3.8) is 0 Å². The first-order valence-electron chi connectivity index (χ1n) is 14.4. The molecule has 224 valence electrons. The Morgan fingerprint density at radius 3 is 2.29 bits per heavy atom. The minimum absolute atomic E-state index is 0.164. The molecule has 1 aliphatic carbocycles. The summed E-state index contributed by atoms with van der Waals surface area (Å²) in [7, 11) is 1.57. The number of ether oxygens (including phenoxy) is 3. The molecular weight excluding hydrogens is 528 g/mol. The third-order valence-corrected chi connectivity index (χ3v) is 7.81. The van der Waals surface area contributed by atoms with Crippen LogP contribution < -0.4 is 20.7 Å². The minimum Gasteiger partial charge on any atom is -0.497 e. The number of hydrogen-bond donors (Lipinski definition) is 3. The summed E-state index contributed by atoms with van der Waals surface area (Å²) in [5, 5.41) is 8.45. The van der Waals surface area contributed by atoms with Gasteiger partial charge in [0, 0.05) is 19.5 Å². The van der Waals surface area contributed by atoms with Crippen LogP contribution in [0.15, 0.2) is 35.9 Å². The Bertz CT molecular complexity index is 1130. The van der Waals surface area contributed by atoms with Crippen LogP contribution in [0.1, 0.15) is 45.1 Å². The molecule has 0 spiro atoms. The quantitative estimate of drug-likeness (QED) is 0.222. The summed E-state index contributed by atoms with van der Waals surface area (Å²) in [4.78, 5) is 54.7. The Hall–Kier alpha value is -3.28. The maximum Gasteiger partial charge on any atom is 0.243 e. The number of ketones is 1. The zero-order valence-electron chi connectivity index (χ0n) is 24.2. The Balaban J connectivity index is 1.44. The van der Waals surface area contributed by atoms with Crippen molar-refractivity contribution in [2.75, 3.05) is 46.6 Å². The van der Waals surface area contributed by atoms with Crippen molar-refractivity contribution in [3.8, 4) is 5.75 Å². The van der Waals surface area contributed by atoms with Gasteiger partial charge in [0.15, 0.2) is 5.78 Å². The third-order valence-electron chi connectivity index (χ3n) is 7.81. The Labute approximate surface area is 241 Å². The lowest BCUT2D eigenvalue weighted by Gasteiger charge is -2.27. The van der Waals surface area contributed by atoms with Crippen LogP contribution in [0.2, 0.25) is 0 Å². The topological polar surface area (TPSA) is 139 Å². The van der Waals surface area contributed by atoms with Crippen molar-refractivity contribution in [2.24, 2.45) is 0 Å². The van der Waals surface area contributed by atoms with Crippen LogP contribution in [0.4, 0.5) is 0 Å². The van der Waals surface area contributed by atoms with Gasteiger partial charge in [-0.25, -0.2) is 0 Å². The van der Waals surface area contributed by atoms with E-state index in [1.807, 2.05) is 17.0 Å². The van der Waals surface area contributed by atoms with E-state index in [2.05, 4.69) is 22.0 Å². The number of nitrogens with one attached hydrogen (secondary N) is 3. The maximum absolute atomic E-state index is 13.7. The molecule has 1 aromatic rings. The van der Waals surface area contributed by atoms with Crippen molar-refractivity contribution in [1.82, 2.24) is 20.9 Å². The fraction of sp³-hybridized carbons (Fsp3) is 0.600. The van der Waals surface area contributed by atoms with Crippen molar-refractivity contribution in [2.45, 2.75) is 69.7 Å². The monoisotopic (exact) mass is 570 g/mol. The van der Waals surface area contributed by atoms with Gasteiger partial charge in [-0.2, -0.15) is 0 Å². The number of morpholine rings is 1. The first-order chi connectivity index (χ1) is 19.7. The largest absolute Gasteiger partial charge is 0.497 e. The number of nitrogens with zero attached hydrogens (tertiary/aromatic N) is 1. The number of carbonyl (C=O) groups is 4. The fourth-order valence-electron chi connectivity index (χ4n) is 5.10. The predicted molar refractivity (Wildman–Crippen MR) is 151 cm³/mol. The molecule has 4 atom stereocenters. The molecule has 0 radical (unpaired) electrons. The van der Waals surface area contributed by atoms with Crippen LogP contribution in [0.25, 0.3) is 0 Å². The van der Waals surface area contributed by atoms with E-state index >= 15 is 0 Å². The second-order valence-corrected chi connectivity index (χ2v) is 11.2. The molecule has 3 N–H and O–H groups in total. The standard InChI is InChI=1S/C30H42N4O7/c1-20(31-26(35)18-34-12-14-40-15-13-34)28(37)33-25(17-22-8-10-23(39-3)11-9-22)29(38)32-24(16-21-6-4-5-7-21)27(36)30(2)19-41-30/h6,8-11,20,24-25H,4-5,7,12-19H2,1-3H3,(H,31,35)(H,32,38)(H,33,37)/t20-,24-,25-,30?/m0/s1. The average molecular weight is 571 g/mol. The number of benzene rings is 1. The Morgan fingerprint density at radius 2 is 1.68 bits per heavy atom. The van der Waals surface area contributed by atoms with Gasteiger partial charge in [0.1, 0.15) is 23.4 Å². The summed E-state index contributed by atoms with van der Waals surface area (Å²) in [6.45, 7) is 6.24. The molecule has 11 nitrogen and oxygen atoms in total. The second-order valence-electron chi connectivity index (χ2n) is 11.2. The van der Waals surface area contributed by atoms with E-state index in [4.69, 9.17) is 14.2 Å². The number of rotatable bonds is 14. The van der Waals surface area contributed by atoms with E-state index in [9.17, 15) is 19.2 Å². The number of methoxy groups -OCH3 is 1. The van der Waals surface area contributed by atoms with Gasteiger partial charge >= 0.3 is 0 Å². The van der Waals surface area contributed by atoms with Crippen LogP contribution >= 0.6 is 0 Å². The van der Waals surface area contributed by atoms with E-state index in [0.29, 0.717) is 45.1 Å². The van der Waals surface area contributed by atoms with Gasteiger partial charge in [0.05, 0.1) is 39.5 Å². The van der Waals surface area contributed by atoms with Crippen LogP contribution in [-0.2, 0) is 35.1 Å². The van der Waals surface area contributed by atoms with Gasteiger partial charge in [-0.3, -0.25) is 24.1 Å². The van der Waals surface area contributed by atoms with Crippen molar-refractivity contribution in [1.29, 1.82) is 0 Å². The number of allylic oxidation sites excluding steroid dienone is 1. The van der Waals surface area contributed by atoms with Crippen molar-refractivity contribution < 1.29 is 33.4 Å². The van der Waals surface area contributed by atoms with E-state index in [0.717, 1.165) is 30.4 Å². The van der Waals surface area contributed by atoms with E-state index in [1.54, 1.807) is 33.1 Å². The molecular formula is C30H42N4O7. The van der Waals surface area contributed by atoms with Gasteiger partial charge in [-0.05, 0) is 57.2 Å². The fourth-order valence-corrected chi connectivity index (χ4v) is 5.10. The smallest absolute Gasteiger partial charge is 0.243 e. The van der Waals surface area contributed by atoms with Gasteiger partial charge in [-0.15, -0.1) is 0 Å². The van der Waals surface area contributed by atoms with Crippen molar-refractivity contribution >= 4 is 23.5 Å². The first kappa shape index (κ1) is 30.7. The number of hydrogen-bond acceptors (Lipinski definition) is 8. The van der Waals surface area contributed by atoms with E-state index in [-0.39, 0.29) is 24.7 Å². The molecule has 0 saturated carbocycles. The number of amides is 3. The predicted octanol–water partition coefficient (Wildman–Crippen LogP) is 0.903. The third kappa shape index (κ3) is 8.85. The van der Waals surface area contributed by atoms with Crippen LogP contribution in [-0.4, -0.2) is 98.7 Å². The highest BCUT2D eigenvalue weighted by Gasteiger charge is 2.50. The first-order valence-corrected chi connectivity index (χ1v) is 14.4. The molecule has 2 saturated heterocycles. The van der Waals surface area contributed by atoms with Gasteiger partial charge < -0.3 is 30.2 Å². The van der Waals surface area contributed by atoms with Gasteiger partial charge in [0.2, 0.25) is 17.7 Å². The lowest BCUT2D eigenvalue weighted by atomic mass is 9.94. The summed E-state index contributed by atoms with van der Waals surface area (Å²) >= 11 is 0. The molecule has 1 unspecified atom stereocenters. The highest BCUT2D eigenvalue weighted by molar-refractivity contribution is 5.98. The summed E-state index contributed by atoms with van der Waals surface area (Å²) in [6.07, 6.45) is 5.62.